The van der Waals surface area contributed by atoms with Gasteiger partial charge in [0.1, 0.15) is 17.6 Å². The van der Waals surface area contributed by atoms with Crippen molar-refractivity contribution in [3.8, 4) is 17.6 Å². The summed E-state index contributed by atoms with van der Waals surface area (Å²) >= 11 is 5.81. The molecule has 2 aromatic rings. The third-order valence-corrected chi connectivity index (χ3v) is 2.66. The summed E-state index contributed by atoms with van der Waals surface area (Å²) < 4.78 is 5.64. The Morgan fingerprint density at radius 3 is 2.67 bits per heavy atom. The molecule has 18 heavy (non-hydrogen) atoms. The number of para-hydroxylation sites is 1. The molecular weight excluding hydrogens is 250 g/mol. The average molecular weight is 260 g/mol. The largest absolute Gasteiger partial charge is 0.456 e. The van der Waals surface area contributed by atoms with Gasteiger partial charge in [-0.2, -0.15) is 5.26 Å². The van der Waals surface area contributed by atoms with Gasteiger partial charge >= 0.3 is 0 Å². The number of nitriles is 1. The molecule has 0 saturated carbocycles. The highest BCUT2D eigenvalue weighted by Crippen LogP contribution is 2.29. The number of rotatable bonds is 3. The van der Waals surface area contributed by atoms with Crippen LogP contribution in [0.25, 0.3) is 0 Å². The minimum Gasteiger partial charge on any atom is -0.456 e. The molecule has 0 fully saturated rings. The van der Waals surface area contributed by atoms with E-state index in [4.69, 9.17) is 21.6 Å². The fourth-order valence-corrected chi connectivity index (χ4v) is 1.70. The Bertz CT molecular complexity index is 605. The highest BCUT2D eigenvalue weighted by Gasteiger charge is 2.08. The number of halogens is 1. The van der Waals surface area contributed by atoms with Gasteiger partial charge in [0.2, 0.25) is 0 Å². The molecule has 0 amide bonds. The third-order valence-electron chi connectivity index (χ3n) is 2.42. The molecule has 0 saturated heterocycles. The molecule has 0 atom stereocenters. The van der Waals surface area contributed by atoms with Gasteiger partial charge in [-0.1, -0.05) is 29.8 Å². The topological polar surface area (TPSA) is 53.2 Å². The lowest BCUT2D eigenvalue weighted by Crippen LogP contribution is -1.93. The lowest BCUT2D eigenvalue weighted by atomic mass is 10.2. The van der Waals surface area contributed by atoms with Crippen molar-refractivity contribution in [3.63, 3.8) is 0 Å². The Kier molecular flexibility index (Phi) is 3.83. The van der Waals surface area contributed by atoms with Crippen LogP contribution in [-0.2, 0) is 6.61 Å². The smallest absolute Gasteiger partial charge is 0.145 e. The standard InChI is InChI=1S/C14H10ClNO2/c15-12-5-6-14(11(7-12)8-16)18-13-4-2-1-3-10(13)9-17/h1-7,17H,9H2. The summed E-state index contributed by atoms with van der Waals surface area (Å²) in [5.74, 6) is 0.946. The number of ether oxygens (including phenoxy) is 1. The van der Waals surface area contributed by atoms with Gasteiger partial charge in [0.25, 0.3) is 0 Å². The fraction of sp³-hybridized carbons (Fsp3) is 0.0714. The molecule has 0 aliphatic rings. The van der Waals surface area contributed by atoms with E-state index in [2.05, 4.69) is 0 Å². The molecule has 90 valence electrons. The normalized spacial score (nSPS) is 9.83. The van der Waals surface area contributed by atoms with Crippen molar-refractivity contribution in [3.05, 3.63) is 58.6 Å². The van der Waals surface area contributed by atoms with Crippen LogP contribution in [0.15, 0.2) is 42.5 Å². The van der Waals surface area contributed by atoms with Crippen molar-refractivity contribution >= 4 is 11.6 Å². The molecule has 0 aliphatic heterocycles. The van der Waals surface area contributed by atoms with Gasteiger partial charge < -0.3 is 9.84 Å². The van der Waals surface area contributed by atoms with E-state index in [1.54, 1.807) is 36.4 Å². The van der Waals surface area contributed by atoms with E-state index in [0.717, 1.165) is 0 Å². The van der Waals surface area contributed by atoms with Crippen molar-refractivity contribution < 1.29 is 9.84 Å². The summed E-state index contributed by atoms with van der Waals surface area (Å²) in [6.45, 7) is -0.119. The summed E-state index contributed by atoms with van der Waals surface area (Å²) in [6, 6.07) is 14.0. The van der Waals surface area contributed by atoms with E-state index in [-0.39, 0.29) is 6.61 Å². The van der Waals surface area contributed by atoms with E-state index in [1.165, 1.54) is 0 Å². The summed E-state index contributed by atoms with van der Waals surface area (Å²) in [5.41, 5.74) is 1.02. The third kappa shape index (κ3) is 2.62. The summed E-state index contributed by atoms with van der Waals surface area (Å²) in [7, 11) is 0. The molecule has 0 heterocycles. The molecule has 0 radical (unpaired) electrons. The zero-order chi connectivity index (χ0) is 13.0. The lowest BCUT2D eigenvalue weighted by Gasteiger charge is -2.10. The first kappa shape index (κ1) is 12.4. The maximum Gasteiger partial charge on any atom is 0.145 e. The summed E-state index contributed by atoms with van der Waals surface area (Å²) in [6.07, 6.45) is 0. The van der Waals surface area contributed by atoms with Crippen molar-refractivity contribution in [1.82, 2.24) is 0 Å². The van der Waals surface area contributed by atoms with Gasteiger partial charge in [-0.15, -0.1) is 0 Å². The van der Waals surface area contributed by atoms with Gasteiger partial charge in [-0.25, -0.2) is 0 Å². The molecule has 0 unspecified atom stereocenters. The van der Waals surface area contributed by atoms with Crippen LogP contribution in [0.2, 0.25) is 5.02 Å². The van der Waals surface area contributed by atoms with E-state index in [0.29, 0.717) is 27.6 Å². The number of aliphatic hydroxyl groups excluding tert-OH is 1. The fourth-order valence-electron chi connectivity index (χ4n) is 1.53. The van der Waals surface area contributed by atoms with Crippen molar-refractivity contribution in [2.45, 2.75) is 6.61 Å². The van der Waals surface area contributed by atoms with E-state index in [1.807, 2.05) is 12.1 Å². The van der Waals surface area contributed by atoms with Crippen LogP contribution >= 0.6 is 11.6 Å². The predicted molar refractivity (Wildman–Crippen MR) is 68.6 cm³/mol. The highest BCUT2D eigenvalue weighted by atomic mass is 35.5. The van der Waals surface area contributed by atoms with Gasteiger partial charge in [-0.05, 0) is 24.3 Å². The summed E-state index contributed by atoms with van der Waals surface area (Å²) in [4.78, 5) is 0. The second kappa shape index (κ2) is 5.54. The highest BCUT2D eigenvalue weighted by molar-refractivity contribution is 6.30. The first-order valence-electron chi connectivity index (χ1n) is 5.31. The second-order valence-corrected chi connectivity index (χ2v) is 4.06. The zero-order valence-corrected chi connectivity index (χ0v) is 10.2. The van der Waals surface area contributed by atoms with E-state index in [9.17, 15) is 5.11 Å². The first-order valence-corrected chi connectivity index (χ1v) is 5.68. The molecular formula is C14H10ClNO2. The van der Waals surface area contributed by atoms with Crippen LogP contribution in [0, 0.1) is 11.3 Å². The second-order valence-electron chi connectivity index (χ2n) is 3.62. The minimum atomic E-state index is -0.119. The van der Waals surface area contributed by atoms with Crippen molar-refractivity contribution in [2.24, 2.45) is 0 Å². The van der Waals surface area contributed by atoms with Crippen LogP contribution in [0.3, 0.4) is 0 Å². The van der Waals surface area contributed by atoms with Gasteiger partial charge in [0.15, 0.2) is 0 Å². The molecule has 3 nitrogen and oxygen atoms in total. The predicted octanol–water partition coefficient (Wildman–Crippen LogP) is 3.50. The minimum absolute atomic E-state index is 0.119. The molecule has 4 heteroatoms. The molecule has 1 N–H and O–H groups in total. The van der Waals surface area contributed by atoms with Crippen LogP contribution in [-0.4, -0.2) is 5.11 Å². The molecule has 0 aliphatic carbocycles. The number of hydrogen-bond acceptors (Lipinski definition) is 3. The molecule has 0 spiro atoms. The maximum absolute atomic E-state index is 9.20. The monoisotopic (exact) mass is 259 g/mol. The zero-order valence-electron chi connectivity index (χ0n) is 9.43. The Balaban J connectivity index is 2.37. The average Bonchev–Trinajstić information content (AvgIpc) is 2.41. The Labute approximate surface area is 110 Å². The number of hydrogen-bond donors (Lipinski definition) is 1. The molecule has 2 rings (SSSR count). The number of aliphatic hydroxyl groups is 1. The van der Waals surface area contributed by atoms with Crippen molar-refractivity contribution in [1.29, 1.82) is 5.26 Å². The quantitative estimate of drug-likeness (QED) is 0.918. The van der Waals surface area contributed by atoms with Crippen LogP contribution in [0.5, 0.6) is 11.5 Å². The number of benzene rings is 2. The lowest BCUT2D eigenvalue weighted by molar-refractivity contribution is 0.276. The van der Waals surface area contributed by atoms with Gasteiger partial charge in [0.05, 0.1) is 12.2 Å². The first-order chi connectivity index (χ1) is 8.74. The van der Waals surface area contributed by atoms with Crippen LogP contribution in [0.1, 0.15) is 11.1 Å². The molecule has 2 aromatic carbocycles. The van der Waals surface area contributed by atoms with Crippen LogP contribution < -0.4 is 4.74 Å². The Morgan fingerprint density at radius 2 is 1.94 bits per heavy atom. The Hall–Kier alpha value is -2.02. The van der Waals surface area contributed by atoms with Crippen LogP contribution in [0.4, 0.5) is 0 Å². The SMILES string of the molecule is N#Cc1cc(Cl)ccc1Oc1ccccc1CO. The van der Waals surface area contributed by atoms with Gasteiger partial charge in [-0.3, -0.25) is 0 Å². The number of nitrogens with zero attached hydrogens (tertiary/aromatic N) is 1. The Morgan fingerprint density at radius 1 is 1.17 bits per heavy atom. The van der Waals surface area contributed by atoms with E-state index >= 15 is 0 Å². The maximum atomic E-state index is 9.20. The van der Waals surface area contributed by atoms with Gasteiger partial charge in [0, 0.05) is 10.6 Å². The van der Waals surface area contributed by atoms with E-state index < -0.39 is 0 Å². The van der Waals surface area contributed by atoms with Crippen molar-refractivity contribution in [2.75, 3.05) is 0 Å². The molecule has 0 aromatic heterocycles. The molecule has 0 bridgehead atoms. The summed E-state index contributed by atoms with van der Waals surface area (Å²) in [5, 5.41) is 18.7.